The van der Waals surface area contributed by atoms with Gasteiger partial charge >= 0.3 is 0 Å². The van der Waals surface area contributed by atoms with Gasteiger partial charge in [-0.05, 0) is 18.4 Å². The van der Waals surface area contributed by atoms with Crippen LogP contribution in [0.25, 0.3) is 0 Å². The Morgan fingerprint density at radius 1 is 0.615 bits per heavy atom. The lowest BCUT2D eigenvalue weighted by Crippen LogP contribution is -3.00. The van der Waals surface area contributed by atoms with E-state index in [1.165, 1.54) is 81.8 Å². The molecule has 0 aliphatic carbocycles. The van der Waals surface area contributed by atoms with Gasteiger partial charge in [0.15, 0.2) is 18.9 Å². The van der Waals surface area contributed by atoms with E-state index in [2.05, 4.69) is 66.3 Å². The van der Waals surface area contributed by atoms with Crippen LogP contribution in [0.1, 0.15) is 82.3 Å². The molecule has 0 spiro atoms. The largest absolute Gasteiger partial charge is 1.00 e. The van der Waals surface area contributed by atoms with E-state index >= 15 is 0 Å². The average Bonchev–Trinajstić information content (AvgIpc) is 2.65. The van der Waals surface area contributed by atoms with Crippen LogP contribution in [0.4, 0.5) is 0 Å². The fourth-order valence-corrected chi connectivity index (χ4v) is 3.38. The van der Waals surface area contributed by atoms with Crippen LogP contribution in [0.2, 0.25) is 0 Å². The van der Waals surface area contributed by atoms with Crippen LogP contribution in [0.3, 0.4) is 0 Å². The molecule has 1 heterocycles. The third-order valence-corrected chi connectivity index (χ3v) is 4.98. The number of nitrogens with zero attached hydrogens (tertiary/aromatic N) is 1. The van der Waals surface area contributed by atoms with E-state index in [0.717, 1.165) is 6.54 Å². The summed E-state index contributed by atoms with van der Waals surface area (Å²) in [5.74, 6) is 0. The second-order valence-electron chi connectivity index (χ2n) is 7.30. The second kappa shape index (κ2) is 15.0. The van der Waals surface area contributed by atoms with Gasteiger partial charge in [0.25, 0.3) is 0 Å². The summed E-state index contributed by atoms with van der Waals surface area (Å²) in [5.41, 5.74) is 2.87. The van der Waals surface area contributed by atoms with Crippen LogP contribution in [0.15, 0.2) is 54.9 Å². The molecule has 1 aromatic heterocycles. The van der Waals surface area contributed by atoms with Crippen molar-refractivity contribution >= 4 is 0 Å². The summed E-state index contributed by atoms with van der Waals surface area (Å²) in [7, 11) is 0. The molecular weight excluding hydrogens is 382 g/mol. The second-order valence-corrected chi connectivity index (χ2v) is 7.30. The van der Waals surface area contributed by atoms with Crippen molar-refractivity contribution in [3.05, 3.63) is 66.0 Å². The highest BCUT2D eigenvalue weighted by atomic mass is 79.9. The van der Waals surface area contributed by atoms with Crippen LogP contribution in [0.5, 0.6) is 0 Å². The quantitative estimate of drug-likeness (QED) is 0.346. The molecule has 0 N–H and O–H groups in total. The fourth-order valence-electron chi connectivity index (χ4n) is 3.38. The van der Waals surface area contributed by atoms with Gasteiger partial charge in [0.1, 0.15) is 0 Å². The Kier molecular flexibility index (Phi) is 13.2. The lowest BCUT2D eigenvalue weighted by molar-refractivity contribution is -0.688. The van der Waals surface area contributed by atoms with Crippen LogP contribution in [0, 0.1) is 0 Å². The zero-order valence-corrected chi connectivity index (χ0v) is 18.1. The molecule has 2 heteroatoms. The Bertz CT molecular complexity index is 550. The first-order chi connectivity index (χ1) is 12.4. The maximum absolute atomic E-state index is 2.31. The van der Waals surface area contributed by atoms with E-state index in [9.17, 15) is 0 Å². The number of halogens is 1. The zero-order chi connectivity index (χ0) is 17.6. The molecule has 0 aliphatic heterocycles. The van der Waals surface area contributed by atoms with E-state index < -0.39 is 0 Å². The van der Waals surface area contributed by atoms with E-state index in [1.54, 1.807) is 0 Å². The first-order valence-corrected chi connectivity index (χ1v) is 10.4. The highest BCUT2D eigenvalue weighted by Gasteiger charge is 2.01. The van der Waals surface area contributed by atoms with Gasteiger partial charge in [0.05, 0.1) is 0 Å². The summed E-state index contributed by atoms with van der Waals surface area (Å²) >= 11 is 0. The number of benzene rings is 1. The summed E-state index contributed by atoms with van der Waals surface area (Å²) in [6.07, 6.45) is 19.6. The van der Waals surface area contributed by atoms with Crippen molar-refractivity contribution in [3.8, 4) is 0 Å². The Labute approximate surface area is 171 Å². The predicted molar refractivity (Wildman–Crippen MR) is 108 cm³/mol. The molecule has 0 atom stereocenters. The molecule has 0 amide bonds. The predicted octanol–water partition coefficient (Wildman–Crippen LogP) is 3.49. The van der Waals surface area contributed by atoms with E-state index in [1.807, 2.05) is 0 Å². The first-order valence-electron chi connectivity index (χ1n) is 10.4. The Morgan fingerprint density at radius 2 is 1.12 bits per heavy atom. The highest BCUT2D eigenvalue weighted by molar-refractivity contribution is 5.22. The van der Waals surface area contributed by atoms with Crippen molar-refractivity contribution in [1.29, 1.82) is 0 Å². The third-order valence-electron chi connectivity index (χ3n) is 4.98. The summed E-state index contributed by atoms with van der Waals surface area (Å²) in [6, 6.07) is 15.4. The molecule has 0 saturated heterocycles. The number of pyridine rings is 1. The van der Waals surface area contributed by atoms with Gasteiger partial charge in [-0.3, -0.25) is 0 Å². The molecule has 0 radical (unpaired) electrons. The number of rotatable bonds is 13. The summed E-state index contributed by atoms with van der Waals surface area (Å²) in [4.78, 5) is 0. The first kappa shape index (κ1) is 22.9. The Hall–Kier alpha value is -1.15. The van der Waals surface area contributed by atoms with Crippen LogP contribution in [-0.2, 0) is 13.0 Å². The summed E-state index contributed by atoms with van der Waals surface area (Å²) in [6.45, 7) is 3.25. The van der Waals surface area contributed by atoms with Crippen LogP contribution in [-0.4, -0.2) is 0 Å². The van der Waals surface area contributed by atoms with Crippen molar-refractivity contribution in [2.45, 2.75) is 84.1 Å². The summed E-state index contributed by atoms with van der Waals surface area (Å²) in [5, 5.41) is 0. The molecule has 0 aliphatic rings. The van der Waals surface area contributed by atoms with Crippen LogP contribution < -0.4 is 21.5 Å². The van der Waals surface area contributed by atoms with Gasteiger partial charge in [-0.15, -0.1) is 0 Å². The van der Waals surface area contributed by atoms with Crippen molar-refractivity contribution in [3.63, 3.8) is 0 Å². The third kappa shape index (κ3) is 10.1. The standard InChI is InChI=1S/C24H36N.BrH/c1-2-3-4-5-6-7-8-9-10-12-15-23-16-18-24(19-17-23)22-25-20-13-11-14-21-25;/h11,13-14,16-21H,2-10,12,15,22H2,1H3;1H/q+1;/p-1. The van der Waals surface area contributed by atoms with Crippen LogP contribution >= 0.6 is 0 Å². The van der Waals surface area contributed by atoms with Gasteiger partial charge in [0, 0.05) is 17.7 Å². The number of aryl methyl sites for hydroxylation is 1. The highest BCUT2D eigenvalue weighted by Crippen LogP contribution is 2.13. The van der Waals surface area contributed by atoms with Gasteiger partial charge in [-0.25, -0.2) is 4.57 Å². The van der Waals surface area contributed by atoms with Gasteiger partial charge < -0.3 is 17.0 Å². The molecule has 0 saturated carbocycles. The number of hydrogen-bond donors (Lipinski definition) is 0. The molecule has 1 nitrogen and oxygen atoms in total. The van der Waals surface area contributed by atoms with Crippen molar-refractivity contribution in [2.24, 2.45) is 0 Å². The molecule has 1 aromatic carbocycles. The molecule has 2 rings (SSSR count). The SMILES string of the molecule is CCCCCCCCCCCCc1ccc(C[n+]2ccccc2)cc1.[Br-]. The molecular formula is C24H36BrN. The smallest absolute Gasteiger partial charge is 0.173 e. The lowest BCUT2D eigenvalue weighted by Gasteiger charge is -2.04. The number of hydrogen-bond acceptors (Lipinski definition) is 0. The Morgan fingerprint density at radius 3 is 1.69 bits per heavy atom. The molecule has 0 unspecified atom stereocenters. The maximum Gasteiger partial charge on any atom is 0.173 e. The molecule has 0 bridgehead atoms. The molecule has 2 aromatic rings. The van der Waals surface area contributed by atoms with Crippen molar-refractivity contribution in [2.75, 3.05) is 0 Å². The molecule has 26 heavy (non-hydrogen) atoms. The number of unbranched alkanes of at least 4 members (excludes halogenated alkanes) is 9. The number of aromatic nitrogens is 1. The monoisotopic (exact) mass is 417 g/mol. The minimum atomic E-state index is 0. The van der Waals surface area contributed by atoms with Crippen molar-refractivity contribution in [1.82, 2.24) is 0 Å². The summed E-state index contributed by atoms with van der Waals surface area (Å²) < 4.78 is 2.22. The zero-order valence-electron chi connectivity index (χ0n) is 16.5. The van der Waals surface area contributed by atoms with E-state index in [-0.39, 0.29) is 17.0 Å². The lowest BCUT2D eigenvalue weighted by atomic mass is 10.0. The van der Waals surface area contributed by atoms with Gasteiger partial charge in [0.2, 0.25) is 0 Å². The Balaban J connectivity index is 0.00000338. The molecule has 144 valence electrons. The fraction of sp³-hybridized carbons (Fsp3) is 0.542. The molecule has 0 fully saturated rings. The minimum Gasteiger partial charge on any atom is -1.00 e. The van der Waals surface area contributed by atoms with Crippen molar-refractivity contribution < 1.29 is 21.5 Å². The average molecular weight is 418 g/mol. The maximum atomic E-state index is 2.31. The van der Waals surface area contributed by atoms with E-state index in [4.69, 9.17) is 0 Å². The topological polar surface area (TPSA) is 3.88 Å². The normalized spacial score (nSPS) is 10.5. The minimum absolute atomic E-state index is 0. The van der Waals surface area contributed by atoms with E-state index in [0.29, 0.717) is 0 Å². The van der Waals surface area contributed by atoms with Gasteiger partial charge in [-0.2, -0.15) is 0 Å². The van der Waals surface area contributed by atoms with Gasteiger partial charge in [-0.1, -0.05) is 95.0 Å².